The molecule has 0 aliphatic rings. The second-order valence-corrected chi connectivity index (χ2v) is 3.36. The minimum Gasteiger partial charge on any atom is -0.478 e. The van der Waals surface area contributed by atoms with Gasteiger partial charge in [0.25, 0.3) is 5.76 Å². The molecule has 0 heterocycles. The zero-order valence-corrected chi connectivity index (χ0v) is 7.52. The molecule has 0 spiro atoms. The minimum absolute atomic E-state index is 0.0150. The normalized spacial score (nSPS) is 10.6. The zero-order chi connectivity index (χ0) is 10.7. The molecule has 0 unspecified atom stereocenters. The third-order valence-corrected chi connectivity index (χ3v) is 2.14. The summed E-state index contributed by atoms with van der Waals surface area (Å²) in [4.78, 5) is 10.1. The van der Waals surface area contributed by atoms with E-state index in [0.29, 0.717) is 0 Å². The monoisotopic (exact) mass is 222 g/mol. The summed E-state index contributed by atoms with van der Waals surface area (Å²) in [5.41, 5.74) is -0.213. The largest absolute Gasteiger partial charge is 0.478 e. The fourth-order valence-electron chi connectivity index (χ4n) is 0.823. The van der Waals surface area contributed by atoms with Crippen LogP contribution in [0.3, 0.4) is 0 Å². The lowest BCUT2D eigenvalue weighted by molar-refractivity contribution is 0.0696. The predicted molar refractivity (Wildman–Crippen MR) is 45.2 cm³/mol. The maximum absolute atomic E-state index is 12.8. The summed E-state index contributed by atoms with van der Waals surface area (Å²) in [5, 5.41) is 8.52. The lowest BCUT2D eigenvalue weighted by Gasteiger charge is -2.02. The number of carboxylic acids is 1. The van der Waals surface area contributed by atoms with Crippen LogP contribution in [-0.2, 0) is 0 Å². The van der Waals surface area contributed by atoms with Crippen molar-refractivity contribution in [2.24, 2.45) is 0 Å². The van der Waals surface area contributed by atoms with Crippen molar-refractivity contribution in [3.8, 4) is 0 Å². The maximum atomic E-state index is 12.8. The minimum atomic E-state index is -2.77. The number of hydrogen-bond donors (Lipinski definition) is 1. The van der Waals surface area contributed by atoms with Gasteiger partial charge in [-0.25, -0.2) is 9.18 Å². The Bertz CT molecular complexity index is 354. The van der Waals surface area contributed by atoms with Gasteiger partial charge in [-0.05, 0) is 18.2 Å². The van der Waals surface area contributed by atoms with Crippen molar-refractivity contribution in [2.75, 3.05) is 0 Å². The third kappa shape index (κ3) is 2.66. The Balaban J connectivity index is 3.02. The highest BCUT2D eigenvalue weighted by molar-refractivity contribution is 7.99. The Morgan fingerprint density at radius 1 is 1.43 bits per heavy atom. The standard InChI is InChI=1S/C8H5F3O2S/c9-5-2-1-4(7(12)13)3-6(5)14-8(10)11/h1-3,8H,(H,12,13). The molecule has 0 saturated carbocycles. The van der Waals surface area contributed by atoms with Crippen molar-refractivity contribution in [3.63, 3.8) is 0 Å². The molecule has 0 aromatic heterocycles. The summed E-state index contributed by atoms with van der Waals surface area (Å²) in [6.45, 7) is 0. The van der Waals surface area contributed by atoms with Crippen LogP contribution in [0.2, 0.25) is 0 Å². The first-order chi connectivity index (χ1) is 6.50. The third-order valence-electron chi connectivity index (χ3n) is 1.39. The Labute approximate surface area is 81.7 Å². The van der Waals surface area contributed by atoms with Crippen LogP contribution in [0.4, 0.5) is 13.2 Å². The molecule has 1 aromatic carbocycles. The van der Waals surface area contributed by atoms with Crippen molar-refractivity contribution in [3.05, 3.63) is 29.6 Å². The number of carbonyl (C=O) groups is 1. The van der Waals surface area contributed by atoms with Gasteiger partial charge in [0, 0.05) is 4.90 Å². The summed E-state index contributed by atoms with van der Waals surface area (Å²) in [5.74, 6) is -4.89. The number of alkyl halides is 2. The van der Waals surface area contributed by atoms with E-state index in [1.54, 1.807) is 0 Å². The summed E-state index contributed by atoms with van der Waals surface area (Å²) >= 11 is -0.0150. The first-order valence-corrected chi connectivity index (χ1v) is 4.36. The highest BCUT2D eigenvalue weighted by atomic mass is 32.2. The molecule has 0 bridgehead atoms. The van der Waals surface area contributed by atoms with E-state index in [0.717, 1.165) is 18.2 Å². The van der Waals surface area contributed by atoms with E-state index in [1.807, 2.05) is 0 Å². The van der Waals surface area contributed by atoms with Gasteiger partial charge in [0.1, 0.15) is 5.82 Å². The number of halogens is 3. The van der Waals surface area contributed by atoms with Gasteiger partial charge in [-0.2, -0.15) is 8.78 Å². The van der Waals surface area contributed by atoms with Gasteiger partial charge in [0.15, 0.2) is 0 Å². The van der Waals surface area contributed by atoms with E-state index in [9.17, 15) is 18.0 Å². The SMILES string of the molecule is O=C(O)c1ccc(F)c(SC(F)F)c1. The van der Waals surface area contributed by atoms with Gasteiger partial charge in [-0.15, -0.1) is 0 Å². The van der Waals surface area contributed by atoms with E-state index < -0.39 is 17.5 Å². The molecule has 1 aromatic rings. The summed E-state index contributed by atoms with van der Waals surface area (Å²) < 4.78 is 36.6. The summed E-state index contributed by atoms with van der Waals surface area (Å²) in [7, 11) is 0. The average Bonchev–Trinajstić information content (AvgIpc) is 2.07. The van der Waals surface area contributed by atoms with Crippen molar-refractivity contribution < 1.29 is 23.1 Å². The van der Waals surface area contributed by atoms with Crippen molar-refractivity contribution >= 4 is 17.7 Å². The van der Waals surface area contributed by atoms with E-state index in [-0.39, 0.29) is 22.2 Å². The van der Waals surface area contributed by atoms with Crippen LogP contribution in [0.1, 0.15) is 10.4 Å². The molecule has 0 aliphatic heterocycles. The van der Waals surface area contributed by atoms with Crippen LogP contribution in [0.5, 0.6) is 0 Å². The van der Waals surface area contributed by atoms with Gasteiger partial charge in [0.2, 0.25) is 0 Å². The van der Waals surface area contributed by atoms with Gasteiger partial charge in [-0.1, -0.05) is 11.8 Å². The number of benzene rings is 1. The first kappa shape index (κ1) is 10.9. The second kappa shape index (κ2) is 4.36. The van der Waals surface area contributed by atoms with Crippen LogP contribution in [0, 0.1) is 5.82 Å². The molecule has 0 amide bonds. The molecule has 0 fully saturated rings. The van der Waals surface area contributed by atoms with E-state index in [4.69, 9.17) is 5.11 Å². The summed E-state index contributed by atoms with van der Waals surface area (Å²) in [6.07, 6.45) is 0. The number of aromatic carboxylic acids is 1. The molecular weight excluding hydrogens is 217 g/mol. The van der Waals surface area contributed by atoms with Crippen molar-refractivity contribution in [1.82, 2.24) is 0 Å². The van der Waals surface area contributed by atoms with Crippen LogP contribution in [0.25, 0.3) is 0 Å². The molecule has 0 saturated heterocycles. The van der Waals surface area contributed by atoms with Gasteiger partial charge in [0.05, 0.1) is 5.56 Å². The number of hydrogen-bond acceptors (Lipinski definition) is 2. The molecule has 6 heteroatoms. The molecule has 76 valence electrons. The van der Waals surface area contributed by atoms with Crippen LogP contribution in [0.15, 0.2) is 23.1 Å². The Kier molecular flexibility index (Phi) is 3.40. The fraction of sp³-hybridized carbons (Fsp3) is 0.125. The van der Waals surface area contributed by atoms with Gasteiger partial charge in [-0.3, -0.25) is 0 Å². The van der Waals surface area contributed by atoms with Gasteiger partial charge < -0.3 is 5.11 Å². The lowest BCUT2D eigenvalue weighted by Crippen LogP contribution is -1.97. The smallest absolute Gasteiger partial charge is 0.335 e. The number of carboxylic acid groups (broad SMARTS) is 1. The van der Waals surface area contributed by atoms with E-state index in [1.165, 1.54) is 0 Å². The van der Waals surface area contributed by atoms with Crippen LogP contribution in [-0.4, -0.2) is 16.8 Å². The lowest BCUT2D eigenvalue weighted by atomic mass is 10.2. The Morgan fingerprint density at radius 3 is 2.57 bits per heavy atom. The average molecular weight is 222 g/mol. The fourth-order valence-corrected chi connectivity index (χ4v) is 1.39. The molecule has 0 aliphatic carbocycles. The predicted octanol–water partition coefficient (Wildman–Crippen LogP) is 2.84. The molecule has 0 atom stereocenters. The Morgan fingerprint density at radius 2 is 2.07 bits per heavy atom. The van der Waals surface area contributed by atoms with Crippen LogP contribution >= 0.6 is 11.8 Å². The Hall–Kier alpha value is -1.17. The molecule has 14 heavy (non-hydrogen) atoms. The topological polar surface area (TPSA) is 37.3 Å². The highest BCUT2D eigenvalue weighted by Gasteiger charge is 2.13. The molecule has 2 nitrogen and oxygen atoms in total. The highest BCUT2D eigenvalue weighted by Crippen LogP contribution is 2.28. The molecule has 0 radical (unpaired) electrons. The van der Waals surface area contributed by atoms with E-state index in [2.05, 4.69) is 0 Å². The van der Waals surface area contributed by atoms with E-state index >= 15 is 0 Å². The first-order valence-electron chi connectivity index (χ1n) is 3.48. The van der Waals surface area contributed by atoms with Gasteiger partial charge >= 0.3 is 5.97 Å². The zero-order valence-electron chi connectivity index (χ0n) is 6.71. The molecule has 1 rings (SSSR count). The molecule has 1 N–H and O–H groups in total. The number of rotatable bonds is 3. The second-order valence-electron chi connectivity index (χ2n) is 2.33. The van der Waals surface area contributed by atoms with Crippen LogP contribution < -0.4 is 0 Å². The summed E-state index contributed by atoms with van der Waals surface area (Å²) in [6, 6.07) is 2.76. The molecular formula is C8H5F3O2S. The van der Waals surface area contributed by atoms with Crippen molar-refractivity contribution in [2.45, 2.75) is 10.7 Å². The van der Waals surface area contributed by atoms with Crippen molar-refractivity contribution in [1.29, 1.82) is 0 Å². The number of thioether (sulfide) groups is 1. The maximum Gasteiger partial charge on any atom is 0.335 e. The quantitative estimate of drug-likeness (QED) is 0.799.